The van der Waals surface area contributed by atoms with E-state index >= 15 is 0 Å². The van der Waals surface area contributed by atoms with Gasteiger partial charge in [0.05, 0.1) is 56.3 Å². The maximum atomic E-state index is 14.7. The second-order valence-corrected chi connectivity index (χ2v) is 11.0. The highest BCUT2D eigenvalue weighted by molar-refractivity contribution is 5.93. The van der Waals surface area contributed by atoms with Gasteiger partial charge in [-0.15, -0.1) is 0 Å². The lowest BCUT2D eigenvalue weighted by molar-refractivity contribution is -0.141. The number of hydrogen-bond donors (Lipinski definition) is 0. The monoisotopic (exact) mass is 632 g/mol. The van der Waals surface area contributed by atoms with Crippen molar-refractivity contribution in [1.29, 1.82) is 0 Å². The van der Waals surface area contributed by atoms with Crippen LogP contribution in [0.5, 0.6) is 34.5 Å². The van der Waals surface area contributed by atoms with Gasteiger partial charge in [-0.25, -0.2) is 4.79 Å². The molecule has 2 atom stereocenters. The number of benzene rings is 3. The molecule has 0 saturated carbocycles. The second kappa shape index (κ2) is 13.1. The van der Waals surface area contributed by atoms with Crippen molar-refractivity contribution in [2.75, 3.05) is 49.8 Å². The van der Waals surface area contributed by atoms with E-state index in [0.29, 0.717) is 56.9 Å². The van der Waals surface area contributed by atoms with Gasteiger partial charge >= 0.3 is 6.09 Å². The summed E-state index contributed by atoms with van der Waals surface area (Å²) >= 11 is 0. The molecule has 0 spiro atoms. The van der Waals surface area contributed by atoms with Crippen LogP contribution in [0.1, 0.15) is 39.4 Å². The Morgan fingerprint density at radius 1 is 0.804 bits per heavy atom. The first-order chi connectivity index (χ1) is 22.2. The van der Waals surface area contributed by atoms with E-state index in [1.54, 1.807) is 53.6 Å². The Labute approximate surface area is 269 Å². The summed E-state index contributed by atoms with van der Waals surface area (Å²) in [7, 11) is 10.7. The highest BCUT2D eigenvalue weighted by Crippen LogP contribution is 2.55. The van der Waals surface area contributed by atoms with Gasteiger partial charge < -0.3 is 38.1 Å². The summed E-state index contributed by atoms with van der Waals surface area (Å²) in [5.74, 6) is 2.71. The molecule has 2 bridgehead atoms. The molecule has 11 heteroatoms. The number of piperazine rings is 1. The number of amides is 2. The van der Waals surface area contributed by atoms with Crippen LogP contribution >= 0.6 is 0 Å². The molecule has 2 aliphatic heterocycles. The zero-order valence-corrected chi connectivity index (χ0v) is 27.7. The van der Waals surface area contributed by atoms with E-state index in [2.05, 4.69) is 0 Å². The molecule has 11 nitrogen and oxygen atoms in total. The van der Waals surface area contributed by atoms with Crippen molar-refractivity contribution in [3.63, 3.8) is 0 Å². The zero-order chi connectivity index (χ0) is 33.3. The number of ether oxygens (including phenoxy) is 7. The van der Waals surface area contributed by atoms with E-state index in [9.17, 15) is 9.59 Å². The summed E-state index contributed by atoms with van der Waals surface area (Å²) in [6.07, 6.45) is 1.37. The third-order valence-corrected chi connectivity index (χ3v) is 8.73. The van der Waals surface area contributed by atoms with Gasteiger partial charge in [-0.3, -0.25) is 9.69 Å². The summed E-state index contributed by atoms with van der Waals surface area (Å²) in [5.41, 5.74) is 4.83. The van der Waals surface area contributed by atoms with Crippen LogP contribution in [-0.2, 0) is 22.5 Å². The van der Waals surface area contributed by atoms with Gasteiger partial charge in [0.1, 0.15) is 23.6 Å². The fourth-order valence-corrected chi connectivity index (χ4v) is 6.81. The van der Waals surface area contributed by atoms with Crippen LogP contribution in [-0.4, -0.2) is 77.6 Å². The molecule has 3 aromatic rings. The lowest BCUT2D eigenvalue weighted by atomic mass is 9.80. The molecule has 46 heavy (non-hydrogen) atoms. The van der Waals surface area contributed by atoms with Gasteiger partial charge in [-0.05, 0) is 31.6 Å². The van der Waals surface area contributed by atoms with Crippen molar-refractivity contribution in [1.82, 2.24) is 9.80 Å². The number of rotatable bonds is 9. The van der Waals surface area contributed by atoms with E-state index in [4.69, 9.17) is 33.2 Å². The standard InChI is InChI=1S/C35H40N2O9/c1-19-29(41-4)22(16-26(40-3)31(19)43-6)15-24-28-27-23(30(42-5)20(2)32(44-7)33(27)45-8)17-25(37(28)35(39)46-9)34(38)36(24)18-21-13-11-10-12-14-21/h10-16,25,28H,17-18H2,1-9H3/t25-,28-/m0/s1. The lowest BCUT2D eigenvalue weighted by Gasteiger charge is -2.51. The molecule has 3 aromatic carbocycles. The fourth-order valence-electron chi connectivity index (χ4n) is 6.81. The average molecular weight is 633 g/mol. The molecular formula is C35H40N2O9. The van der Waals surface area contributed by atoms with Gasteiger partial charge in [0.15, 0.2) is 23.0 Å². The average Bonchev–Trinajstić information content (AvgIpc) is 3.07. The van der Waals surface area contributed by atoms with Crippen molar-refractivity contribution in [3.8, 4) is 34.5 Å². The van der Waals surface area contributed by atoms with Gasteiger partial charge in [-0.2, -0.15) is 0 Å². The largest absolute Gasteiger partial charge is 0.496 e. The molecule has 1 saturated heterocycles. The molecule has 0 aliphatic carbocycles. The SMILES string of the molecule is COC(=O)N1[C@H]2Cc3c(OC)c(C)c(OC)c(OC)c3[C@@H]1C(=Cc1cc(OC)c(OC)c(C)c1OC)N(Cc1ccccc1)C2=O. The Bertz CT molecular complexity index is 1690. The molecule has 1 fully saturated rings. The normalized spacial score (nSPS) is 17.8. The van der Waals surface area contributed by atoms with E-state index in [0.717, 1.165) is 16.7 Å². The molecule has 244 valence electrons. The summed E-state index contributed by atoms with van der Waals surface area (Å²) in [4.78, 5) is 31.5. The Hall–Kier alpha value is -5.06. The van der Waals surface area contributed by atoms with E-state index in [1.807, 2.05) is 50.3 Å². The van der Waals surface area contributed by atoms with Crippen LogP contribution in [0.2, 0.25) is 0 Å². The first-order valence-corrected chi connectivity index (χ1v) is 14.7. The Morgan fingerprint density at radius 3 is 1.98 bits per heavy atom. The molecule has 2 amide bonds. The molecule has 0 N–H and O–H groups in total. The predicted molar refractivity (Wildman–Crippen MR) is 171 cm³/mol. The first kappa shape index (κ1) is 32.3. The minimum Gasteiger partial charge on any atom is -0.496 e. The molecule has 2 aliphatic rings. The smallest absolute Gasteiger partial charge is 0.411 e. The van der Waals surface area contributed by atoms with Crippen molar-refractivity contribution in [3.05, 3.63) is 75.5 Å². The quantitative estimate of drug-likeness (QED) is 0.304. The number of methoxy groups -OCH3 is 7. The number of carbonyl (C=O) groups excluding carboxylic acids is 2. The van der Waals surface area contributed by atoms with E-state index < -0.39 is 18.2 Å². The van der Waals surface area contributed by atoms with Crippen LogP contribution in [0.25, 0.3) is 6.08 Å². The number of hydrogen-bond acceptors (Lipinski definition) is 9. The Kier molecular flexibility index (Phi) is 9.22. The molecule has 0 unspecified atom stereocenters. The van der Waals surface area contributed by atoms with E-state index in [-0.39, 0.29) is 18.9 Å². The fraction of sp³-hybridized carbons (Fsp3) is 0.371. The van der Waals surface area contributed by atoms with Crippen LogP contribution < -0.4 is 28.4 Å². The second-order valence-electron chi connectivity index (χ2n) is 11.0. The topological polar surface area (TPSA) is 105 Å². The van der Waals surface area contributed by atoms with E-state index in [1.165, 1.54) is 12.0 Å². The van der Waals surface area contributed by atoms with Crippen LogP contribution in [0, 0.1) is 13.8 Å². The van der Waals surface area contributed by atoms with Crippen LogP contribution in [0.4, 0.5) is 4.79 Å². The predicted octanol–water partition coefficient (Wildman–Crippen LogP) is 5.47. The minimum absolute atomic E-state index is 0.182. The summed E-state index contributed by atoms with van der Waals surface area (Å²) in [5, 5.41) is 0. The molecule has 0 aromatic heterocycles. The van der Waals surface area contributed by atoms with Gasteiger partial charge in [-0.1, -0.05) is 30.3 Å². The zero-order valence-electron chi connectivity index (χ0n) is 27.7. The molecular weight excluding hydrogens is 592 g/mol. The highest BCUT2D eigenvalue weighted by atomic mass is 16.5. The van der Waals surface area contributed by atoms with Crippen LogP contribution in [0.3, 0.4) is 0 Å². The third kappa shape index (κ3) is 5.09. The first-order valence-electron chi connectivity index (χ1n) is 14.7. The highest BCUT2D eigenvalue weighted by Gasteiger charge is 2.53. The maximum absolute atomic E-state index is 14.7. The minimum atomic E-state index is -0.883. The van der Waals surface area contributed by atoms with Crippen molar-refractivity contribution in [2.45, 2.75) is 38.9 Å². The molecule has 5 rings (SSSR count). The summed E-state index contributed by atoms with van der Waals surface area (Å²) < 4.78 is 40.3. The summed E-state index contributed by atoms with van der Waals surface area (Å²) in [6, 6.07) is 9.74. The van der Waals surface area contributed by atoms with Crippen LogP contribution in [0.15, 0.2) is 42.1 Å². The number of fused-ring (bicyclic) bond motifs is 4. The third-order valence-electron chi connectivity index (χ3n) is 8.73. The van der Waals surface area contributed by atoms with Crippen molar-refractivity contribution in [2.24, 2.45) is 0 Å². The van der Waals surface area contributed by atoms with Crippen molar-refractivity contribution < 1.29 is 42.7 Å². The molecule has 2 heterocycles. The van der Waals surface area contributed by atoms with Gasteiger partial charge in [0, 0.05) is 39.9 Å². The van der Waals surface area contributed by atoms with Gasteiger partial charge in [0.2, 0.25) is 5.91 Å². The summed E-state index contributed by atoms with van der Waals surface area (Å²) in [6.45, 7) is 3.99. The lowest BCUT2D eigenvalue weighted by Crippen LogP contribution is -2.61. The van der Waals surface area contributed by atoms with Crippen molar-refractivity contribution >= 4 is 18.1 Å². The molecule has 0 radical (unpaired) electrons. The Morgan fingerprint density at radius 2 is 1.41 bits per heavy atom. The maximum Gasteiger partial charge on any atom is 0.411 e. The van der Waals surface area contributed by atoms with Gasteiger partial charge in [0.25, 0.3) is 0 Å². The number of carbonyl (C=O) groups is 2. The Balaban J connectivity index is 1.91. The number of nitrogens with zero attached hydrogens (tertiary/aromatic N) is 2.